The first-order valence-electron chi connectivity index (χ1n) is 7.39. The highest BCUT2D eigenvalue weighted by atomic mass is 32.2. The van der Waals surface area contributed by atoms with Crippen LogP contribution in [0.4, 0.5) is 0 Å². The molecule has 1 aromatic heterocycles. The molecule has 1 saturated heterocycles. The van der Waals surface area contributed by atoms with Gasteiger partial charge in [-0.15, -0.1) is 10.2 Å². The van der Waals surface area contributed by atoms with Crippen molar-refractivity contribution in [2.45, 2.75) is 32.5 Å². The smallest absolute Gasteiger partial charge is 0.214 e. The van der Waals surface area contributed by atoms with Crippen molar-refractivity contribution in [1.82, 2.24) is 24.0 Å². The van der Waals surface area contributed by atoms with Gasteiger partial charge < -0.3 is 9.67 Å². The van der Waals surface area contributed by atoms with Crippen molar-refractivity contribution in [2.75, 3.05) is 32.9 Å². The Bertz CT molecular complexity index is 599. The van der Waals surface area contributed by atoms with E-state index < -0.39 is 16.1 Å². The van der Waals surface area contributed by atoms with Gasteiger partial charge in [0.15, 0.2) is 0 Å². The molecule has 22 heavy (non-hydrogen) atoms. The topological polar surface area (TPSA) is 91.6 Å². The molecular formula is C13H25N5O3S. The summed E-state index contributed by atoms with van der Waals surface area (Å²) in [5.41, 5.74) is 0. The molecule has 1 aliphatic rings. The zero-order chi connectivity index (χ0) is 16.5. The van der Waals surface area contributed by atoms with E-state index in [0.29, 0.717) is 19.6 Å². The predicted molar refractivity (Wildman–Crippen MR) is 82.7 cm³/mol. The number of hydrogen-bond donors (Lipinski definition) is 1. The molecule has 0 aromatic carbocycles. The number of likely N-dealkylation sites (tertiary alicyclic amines) is 1. The van der Waals surface area contributed by atoms with Crippen molar-refractivity contribution in [2.24, 2.45) is 5.92 Å². The van der Waals surface area contributed by atoms with Crippen LogP contribution in [-0.4, -0.2) is 76.5 Å². The van der Waals surface area contributed by atoms with Gasteiger partial charge in [-0.05, 0) is 13.8 Å². The molecule has 0 spiro atoms. The van der Waals surface area contributed by atoms with Crippen LogP contribution in [0.15, 0.2) is 6.33 Å². The maximum atomic E-state index is 12.0. The summed E-state index contributed by atoms with van der Waals surface area (Å²) in [5.74, 6) is 0.523. The number of aliphatic hydroxyl groups excluding tert-OH is 1. The van der Waals surface area contributed by atoms with Crippen LogP contribution in [0.1, 0.15) is 25.7 Å². The van der Waals surface area contributed by atoms with E-state index in [2.05, 4.69) is 24.0 Å². The summed E-state index contributed by atoms with van der Waals surface area (Å²) in [6.45, 7) is 5.67. The van der Waals surface area contributed by atoms with Crippen LogP contribution in [0.25, 0.3) is 0 Å². The molecule has 1 aliphatic heterocycles. The lowest BCUT2D eigenvalue weighted by molar-refractivity contribution is 0.147. The molecule has 1 N–H and O–H groups in total. The molecule has 1 fully saturated rings. The summed E-state index contributed by atoms with van der Waals surface area (Å²) in [5, 5.41) is 18.2. The van der Waals surface area contributed by atoms with Gasteiger partial charge in [-0.25, -0.2) is 12.7 Å². The molecule has 2 heterocycles. The Morgan fingerprint density at radius 1 is 1.41 bits per heavy atom. The SMILES string of the molecule is CC(C)n1cnnc1CN1C[C@@H](CS(=O)(=O)N(C)C)[C@H](O)C1. The summed E-state index contributed by atoms with van der Waals surface area (Å²) in [4.78, 5) is 2.03. The summed E-state index contributed by atoms with van der Waals surface area (Å²) >= 11 is 0. The minimum atomic E-state index is -3.31. The largest absolute Gasteiger partial charge is 0.391 e. The van der Waals surface area contributed by atoms with Crippen molar-refractivity contribution >= 4 is 10.0 Å². The minimum Gasteiger partial charge on any atom is -0.391 e. The third-order valence-corrected chi connectivity index (χ3v) is 5.99. The first-order valence-corrected chi connectivity index (χ1v) is 9.00. The maximum absolute atomic E-state index is 12.0. The molecule has 0 unspecified atom stereocenters. The van der Waals surface area contributed by atoms with Crippen LogP contribution in [0, 0.1) is 5.92 Å². The van der Waals surface area contributed by atoms with E-state index in [0.717, 1.165) is 5.82 Å². The van der Waals surface area contributed by atoms with Gasteiger partial charge in [-0.2, -0.15) is 0 Å². The monoisotopic (exact) mass is 331 g/mol. The van der Waals surface area contributed by atoms with Gasteiger partial charge in [0.25, 0.3) is 0 Å². The Balaban J connectivity index is 2.00. The Morgan fingerprint density at radius 2 is 2.09 bits per heavy atom. The van der Waals surface area contributed by atoms with Gasteiger partial charge in [0.1, 0.15) is 12.2 Å². The second-order valence-electron chi connectivity index (χ2n) is 6.33. The molecule has 9 heteroatoms. The van der Waals surface area contributed by atoms with E-state index in [1.165, 1.54) is 18.4 Å². The van der Waals surface area contributed by atoms with Crippen molar-refractivity contribution in [3.63, 3.8) is 0 Å². The normalized spacial score (nSPS) is 23.8. The van der Waals surface area contributed by atoms with Crippen molar-refractivity contribution in [1.29, 1.82) is 0 Å². The van der Waals surface area contributed by atoms with Gasteiger partial charge in [-0.3, -0.25) is 4.90 Å². The Morgan fingerprint density at radius 3 is 2.68 bits per heavy atom. The van der Waals surface area contributed by atoms with Gasteiger partial charge in [0, 0.05) is 39.1 Å². The summed E-state index contributed by atoms with van der Waals surface area (Å²) in [6, 6.07) is 0.266. The van der Waals surface area contributed by atoms with Gasteiger partial charge in [-0.1, -0.05) is 0 Å². The van der Waals surface area contributed by atoms with E-state index in [1.807, 2.05) is 9.47 Å². The highest BCUT2D eigenvalue weighted by Crippen LogP contribution is 2.21. The van der Waals surface area contributed by atoms with Crippen LogP contribution < -0.4 is 0 Å². The third kappa shape index (κ3) is 3.83. The van der Waals surface area contributed by atoms with Crippen LogP contribution in [0.2, 0.25) is 0 Å². The van der Waals surface area contributed by atoms with E-state index in [1.54, 1.807) is 6.33 Å². The van der Waals surface area contributed by atoms with Crippen molar-refractivity contribution in [3.8, 4) is 0 Å². The lowest BCUT2D eigenvalue weighted by Gasteiger charge is -2.18. The highest BCUT2D eigenvalue weighted by Gasteiger charge is 2.35. The van der Waals surface area contributed by atoms with Crippen LogP contribution >= 0.6 is 0 Å². The number of nitrogens with zero attached hydrogens (tertiary/aromatic N) is 5. The van der Waals surface area contributed by atoms with E-state index in [-0.39, 0.29) is 17.7 Å². The number of aliphatic hydroxyl groups is 1. The molecule has 0 aliphatic carbocycles. The van der Waals surface area contributed by atoms with E-state index in [9.17, 15) is 13.5 Å². The minimum absolute atomic E-state index is 0.0332. The molecule has 0 radical (unpaired) electrons. The second kappa shape index (κ2) is 6.61. The van der Waals surface area contributed by atoms with Crippen LogP contribution in [-0.2, 0) is 16.6 Å². The zero-order valence-corrected chi connectivity index (χ0v) is 14.4. The van der Waals surface area contributed by atoms with Crippen molar-refractivity contribution < 1.29 is 13.5 Å². The maximum Gasteiger partial charge on any atom is 0.214 e. The predicted octanol–water partition coefficient (Wildman–Crippen LogP) is -0.457. The number of aromatic nitrogens is 3. The standard InChI is InChI=1S/C13H25N5O3S/c1-10(2)18-9-14-15-13(18)7-17-5-11(12(19)6-17)8-22(20,21)16(3)4/h9-12,19H,5-8H2,1-4H3/t11-,12+/m0/s1. The van der Waals surface area contributed by atoms with E-state index >= 15 is 0 Å². The third-order valence-electron chi connectivity index (χ3n) is 4.03. The second-order valence-corrected chi connectivity index (χ2v) is 8.56. The first kappa shape index (κ1) is 17.3. The fraction of sp³-hybridized carbons (Fsp3) is 0.846. The molecule has 126 valence electrons. The highest BCUT2D eigenvalue weighted by molar-refractivity contribution is 7.89. The van der Waals surface area contributed by atoms with Gasteiger partial charge in [0.05, 0.1) is 18.4 Å². The quantitative estimate of drug-likeness (QED) is 0.759. The molecular weight excluding hydrogens is 306 g/mol. The summed E-state index contributed by atoms with van der Waals surface area (Å²) in [7, 11) is -0.281. The Hall–Kier alpha value is -1.03. The summed E-state index contributed by atoms with van der Waals surface area (Å²) in [6.07, 6.45) is 1.06. The molecule has 0 saturated carbocycles. The van der Waals surface area contributed by atoms with Gasteiger partial charge in [0.2, 0.25) is 10.0 Å². The molecule has 2 rings (SSSR count). The van der Waals surface area contributed by atoms with Gasteiger partial charge >= 0.3 is 0 Å². The number of sulfonamides is 1. The zero-order valence-electron chi connectivity index (χ0n) is 13.5. The first-order chi connectivity index (χ1) is 10.2. The number of β-amino-alcohol motifs (C(OH)–C–C–N with tert-alkyl or cyclic N) is 1. The average Bonchev–Trinajstić information content (AvgIpc) is 2.97. The lowest BCUT2D eigenvalue weighted by Crippen LogP contribution is -2.33. The molecule has 1 aromatic rings. The Kier molecular flexibility index (Phi) is 5.21. The van der Waals surface area contributed by atoms with Crippen LogP contribution in [0.5, 0.6) is 0 Å². The number of rotatable bonds is 6. The lowest BCUT2D eigenvalue weighted by atomic mass is 10.1. The molecule has 0 amide bonds. The molecule has 0 bridgehead atoms. The fourth-order valence-electron chi connectivity index (χ4n) is 2.66. The number of hydrogen-bond acceptors (Lipinski definition) is 6. The van der Waals surface area contributed by atoms with Crippen molar-refractivity contribution in [3.05, 3.63) is 12.2 Å². The summed E-state index contributed by atoms with van der Waals surface area (Å²) < 4.78 is 27.1. The molecule has 2 atom stereocenters. The fourth-order valence-corrected chi connectivity index (χ4v) is 3.83. The van der Waals surface area contributed by atoms with E-state index in [4.69, 9.17) is 0 Å². The Labute approximate surface area is 131 Å². The molecule has 8 nitrogen and oxygen atoms in total. The van der Waals surface area contributed by atoms with Crippen LogP contribution in [0.3, 0.4) is 0 Å². The average molecular weight is 331 g/mol.